The zero-order valence-corrected chi connectivity index (χ0v) is 16.2. The van der Waals surface area contributed by atoms with Gasteiger partial charge in [-0.25, -0.2) is 0 Å². The van der Waals surface area contributed by atoms with Gasteiger partial charge in [0.05, 0.1) is 0 Å². The third-order valence-electron chi connectivity index (χ3n) is 3.67. The summed E-state index contributed by atoms with van der Waals surface area (Å²) in [6.45, 7) is 7.36. The number of nitrogens with one attached hydrogen (secondary N) is 2. The van der Waals surface area contributed by atoms with Crippen molar-refractivity contribution in [2.24, 2.45) is 0 Å². The fraction of sp³-hybridized carbons (Fsp3) is 0.263. The molecule has 6 heteroatoms. The number of aryl methyl sites for hydroxylation is 3. The van der Waals surface area contributed by atoms with Crippen LogP contribution in [-0.4, -0.2) is 17.9 Å². The Hall–Kier alpha value is -2.34. The molecule has 0 fully saturated rings. The van der Waals surface area contributed by atoms with Gasteiger partial charge in [0.15, 0.2) is 6.10 Å². The lowest BCUT2D eigenvalue weighted by atomic mass is 10.1. The van der Waals surface area contributed by atoms with E-state index in [1.807, 2.05) is 39.0 Å². The standard InChI is InChI=1S/C19H21BrN2O3/c1-11-6-5-7-15(8-11)19(24)22-21-18(23)14(4)25-17-12(2)9-16(20)10-13(17)3/h5-10,14H,1-4H3,(H,21,23)(H,22,24). The molecule has 2 amide bonds. The summed E-state index contributed by atoms with van der Waals surface area (Å²) in [7, 11) is 0. The fourth-order valence-corrected chi connectivity index (χ4v) is 3.08. The average molecular weight is 405 g/mol. The van der Waals surface area contributed by atoms with Crippen molar-refractivity contribution in [2.75, 3.05) is 0 Å². The normalized spacial score (nSPS) is 11.6. The number of ether oxygens (including phenoxy) is 1. The van der Waals surface area contributed by atoms with Crippen molar-refractivity contribution in [1.82, 2.24) is 10.9 Å². The first kappa shape index (κ1) is 19.0. The molecule has 0 aliphatic rings. The maximum Gasteiger partial charge on any atom is 0.279 e. The van der Waals surface area contributed by atoms with Gasteiger partial charge in [-0.15, -0.1) is 0 Å². The minimum absolute atomic E-state index is 0.375. The van der Waals surface area contributed by atoms with Crippen molar-refractivity contribution in [3.8, 4) is 5.75 Å². The zero-order chi connectivity index (χ0) is 18.6. The van der Waals surface area contributed by atoms with Gasteiger partial charge < -0.3 is 4.74 Å². The van der Waals surface area contributed by atoms with Crippen LogP contribution in [-0.2, 0) is 4.79 Å². The van der Waals surface area contributed by atoms with E-state index in [0.29, 0.717) is 11.3 Å². The van der Waals surface area contributed by atoms with Crippen LogP contribution in [0.5, 0.6) is 5.75 Å². The number of hydrazine groups is 1. The van der Waals surface area contributed by atoms with Crippen LogP contribution in [0.25, 0.3) is 0 Å². The predicted octanol–water partition coefficient (Wildman–Crippen LogP) is 3.60. The summed E-state index contributed by atoms with van der Waals surface area (Å²) in [6, 6.07) is 11.0. The van der Waals surface area contributed by atoms with E-state index in [1.54, 1.807) is 25.1 Å². The van der Waals surface area contributed by atoms with Gasteiger partial charge in [-0.05, 0) is 63.1 Å². The summed E-state index contributed by atoms with van der Waals surface area (Å²) >= 11 is 3.43. The Bertz CT molecular complexity index is 782. The smallest absolute Gasteiger partial charge is 0.279 e. The van der Waals surface area contributed by atoms with E-state index in [0.717, 1.165) is 21.2 Å². The third kappa shape index (κ3) is 5.06. The second-order valence-electron chi connectivity index (χ2n) is 5.94. The quantitative estimate of drug-likeness (QED) is 0.764. The molecule has 25 heavy (non-hydrogen) atoms. The molecule has 0 radical (unpaired) electrons. The molecule has 2 N–H and O–H groups in total. The lowest BCUT2D eigenvalue weighted by Crippen LogP contribution is -2.47. The van der Waals surface area contributed by atoms with Crippen molar-refractivity contribution in [3.05, 3.63) is 63.1 Å². The lowest BCUT2D eigenvalue weighted by Gasteiger charge is -2.18. The second kappa shape index (κ2) is 8.16. The molecule has 1 unspecified atom stereocenters. The van der Waals surface area contributed by atoms with Gasteiger partial charge in [-0.3, -0.25) is 20.4 Å². The Morgan fingerprint density at radius 1 is 1.04 bits per heavy atom. The number of halogens is 1. The number of hydrogen-bond donors (Lipinski definition) is 2. The SMILES string of the molecule is Cc1cccc(C(=O)NNC(=O)C(C)Oc2c(C)cc(Br)cc2C)c1. The van der Waals surface area contributed by atoms with Gasteiger partial charge in [0.2, 0.25) is 0 Å². The monoisotopic (exact) mass is 404 g/mol. The van der Waals surface area contributed by atoms with Crippen LogP contribution in [0.4, 0.5) is 0 Å². The molecule has 0 aliphatic heterocycles. The molecule has 2 aromatic rings. The van der Waals surface area contributed by atoms with Crippen molar-refractivity contribution in [2.45, 2.75) is 33.8 Å². The van der Waals surface area contributed by atoms with Crippen molar-refractivity contribution in [3.63, 3.8) is 0 Å². The van der Waals surface area contributed by atoms with Crippen LogP contribution < -0.4 is 15.6 Å². The molecule has 2 rings (SSSR count). The van der Waals surface area contributed by atoms with Crippen molar-refractivity contribution < 1.29 is 14.3 Å². The highest BCUT2D eigenvalue weighted by Gasteiger charge is 2.18. The summed E-state index contributed by atoms with van der Waals surface area (Å²) in [5.74, 6) is -0.140. The molecule has 5 nitrogen and oxygen atoms in total. The highest BCUT2D eigenvalue weighted by atomic mass is 79.9. The maximum atomic E-state index is 12.2. The third-order valence-corrected chi connectivity index (χ3v) is 4.13. The van der Waals surface area contributed by atoms with Crippen molar-refractivity contribution >= 4 is 27.7 Å². The first-order valence-corrected chi connectivity index (χ1v) is 8.67. The zero-order valence-electron chi connectivity index (χ0n) is 14.6. The summed E-state index contributed by atoms with van der Waals surface area (Å²) in [5.41, 5.74) is 8.10. The predicted molar refractivity (Wildman–Crippen MR) is 100 cm³/mol. The molecule has 0 heterocycles. The van der Waals surface area contributed by atoms with Crippen LogP contribution in [0.2, 0.25) is 0 Å². The van der Waals surface area contributed by atoms with Gasteiger partial charge in [0.25, 0.3) is 11.8 Å². The van der Waals surface area contributed by atoms with E-state index in [2.05, 4.69) is 26.8 Å². The number of benzene rings is 2. The van der Waals surface area contributed by atoms with Crippen LogP contribution >= 0.6 is 15.9 Å². The largest absolute Gasteiger partial charge is 0.480 e. The Labute approximate surface area is 155 Å². The molecule has 0 spiro atoms. The second-order valence-corrected chi connectivity index (χ2v) is 6.86. The van der Waals surface area contributed by atoms with Crippen LogP contribution in [0, 0.1) is 20.8 Å². The average Bonchev–Trinajstić information content (AvgIpc) is 2.55. The molecule has 0 saturated heterocycles. The minimum Gasteiger partial charge on any atom is -0.480 e. The van der Waals surface area contributed by atoms with E-state index in [4.69, 9.17) is 4.74 Å². The molecule has 0 saturated carbocycles. The molecular formula is C19H21BrN2O3. The van der Waals surface area contributed by atoms with Crippen molar-refractivity contribution in [1.29, 1.82) is 0 Å². The number of hydrogen-bond acceptors (Lipinski definition) is 3. The molecule has 0 aliphatic carbocycles. The van der Waals surface area contributed by atoms with Crippen LogP contribution in [0.1, 0.15) is 34.0 Å². The first-order chi connectivity index (χ1) is 11.8. The topological polar surface area (TPSA) is 67.4 Å². The molecule has 0 bridgehead atoms. The first-order valence-electron chi connectivity index (χ1n) is 7.88. The highest BCUT2D eigenvalue weighted by molar-refractivity contribution is 9.10. The van der Waals surface area contributed by atoms with Gasteiger partial charge in [0, 0.05) is 10.0 Å². The molecular weight excluding hydrogens is 384 g/mol. The van der Waals surface area contributed by atoms with Crippen LogP contribution in [0.15, 0.2) is 40.9 Å². The molecule has 1 atom stereocenters. The Morgan fingerprint density at radius 3 is 2.28 bits per heavy atom. The molecule has 0 aromatic heterocycles. The van der Waals surface area contributed by atoms with E-state index < -0.39 is 12.0 Å². The molecule has 132 valence electrons. The van der Waals surface area contributed by atoms with E-state index in [9.17, 15) is 9.59 Å². The number of amides is 2. The summed E-state index contributed by atoms with van der Waals surface area (Å²) < 4.78 is 6.72. The number of carbonyl (C=O) groups excluding carboxylic acids is 2. The highest BCUT2D eigenvalue weighted by Crippen LogP contribution is 2.28. The Morgan fingerprint density at radius 2 is 1.68 bits per heavy atom. The van der Waals surface area contributed by atoms with Gasteiger partial charge in [-0.1, -0.05) is 33.6 Å². The van der Waals surface area contributed by atoms with E-state index in [-0.39, 0.29) is 5.91 Å². The maximum absolute atomic E-state index is 12.2. The summed E-state index contributed by atoms with van der Waals surface area (Å²) in [5, 5.41) is 0. The fourth-order valence-electron chi connectivity index (χ4n) is 2.39. The van der Waals surface area contributed by atoms with Gasteiger partial charge in [-0.2, -0.15) is 0 Å². The Balaban J connectivity index is 1.96. The lowest BCUT2D eigenvalue weighted by molar-refractivity contribution is -0.128. The van der Waals surface area contributed by atoms with Gasteiger partial charge >= 0.3 is 0 Å². The van der Waals surface area contributed by atoms with Gasteiger partial charge in [0.1, 0.15) is 5.75 Å². The molecule has 2 aromatic carbocycles. The number of rotatable bonds is 4. The number of carbonyl (C=O) groups is 2. The van der Waals surface area contributed by atoms with Crippen LogP contribution in [0.3, 0.4) is 0 Å². The minimum atomic E-state index is -0.753. The summed E-state index contributed by atoms with van der Waals surface area (Å²) in [6.07, 6.45) is -0.753. The Kier molecular flexibility index (Phi) is 6.20. The van der Waals surface area contributed by atoms with E-state index >= 15 is 0 Å². The summed E-state index contributed by atoms with van der Waals surface area (Å²) in [4.78, 5) is 24.2. The van der Waals surface area contributed by atoms with E-state index in [1.165, 1.54) is 0 Å².